The molecule has 0 amide bonds. The van der Waals surface area contributed by atoms with Crippen LogP contribution in [-0.2, 0) is 12.8 Å². The van der Waals surface area contributed by atoms with Gasteiger partial charge in [0.25, 0.3) is 5.69 Å². The van der Waals surface area contributed by atoms with Crippen molar-refractivity contribution in [2.45, 2.75) is 35.7 Å². The molecule has 36 heavy (non-hydrogen) atoms. The van der Waals surface area contributed by atoms with E-state index in [0.717, 1.165) is 43.0 Å². The Bertz CT molecular complexity index is 1560. The molecule has 5 rings (SSSR count). The minimum Gasteiger partial charge on any atom is -0.258 e. The topological polar surface area (TPSA) is 121 Å². The molecule has 1 N–H and O–H groups in total. The molecular formula is C24H16Cl2N6O2S2. The van der Waals surface area contributed by atoms with E-state index in [-0.39, 0.29) is 5.69 Å². The molecule has 2 aromatic carbocycles. The zero-order chi connectivity index (χ0) is 25.2. The maximum atomic E-state index is 11.8. The standard InChI is InChI=1S/C24H16Cl2N6O2S2/c25-14-6-7-16(18(26)10-14)22-29-24(31-30-22)36-21-8-5-13(9-19(21)32(33)34)12-28-23-17(11-27)15-3-1-2-4-20(15)35-23/h5-10,12H,1-4H2,(H,29,30,31). The number of nitro groups is 1. The fourth-order valence-corrected chi connectivity index (χ4v) is 6.41. The number of hydrogen-bond acceptors (Lipinski definition) is 8. The van der Waals surface area contributed by atoms with Crippen molar-refractivity contribution < 1.29 is 4.92 Å². The average Bonchev–Trinajstić information content (AvgIpc) is 3.47. The summed E-state index contributed by atoms with van der Waals surface area (Å²) in [6.07, 6.45) is 5.62. The lowest BCUT2D eigenvalue weighted by Crippen LogP contribution is -1.99. The molecule has 0 fully saturated rings. The summed E-state index contributed by atoms with van der Waals surface area (Å²) in [6.45, 7) is 0. The quantitative estimate of drug-likeness (QED) is 0.150. The number of hydrogen-bond donors (Lipinski definition) is 1. The molecule has 0 atom stereocenters. The van der Waals surface area contributed by atoms with Crippen LogP contribution in [0.5, 0.6) is 0 Å². The Morgan fingerprint density at radius 1 is 1.22 bits per heavy atom. The van der Waals surface area contributed by atoms with Gasteiger partial charge in [0.15, 0.2) is 5.82 Å². The Morgan fingerprint density at radius 2 is 2.06 bits per heavy atom. The molecule has 0 bridgehead atoms. The van der Waals surface area contributed by atoms with Crippen LogP contribution in [0, 0.1) is 21.4 Å². The highest BCUT2D eigenvalue weighted by molar-refractivity contribution is 7.99. The number of aliphatic imine (C=N–C) groups is 1. The number of fused-ring (bicyclic) bond motifs is 1. The van der Waals surface area contributed by atoms with Crippen LogP contribution in [0.2, 0.25) is 10.0 Å². The van der Waals surface area contributed by atoms with E-state index in [9.17, 15) is 15.4 Å². The number of nitro benzene ring substituents is 1. The Balaban J connectivity index is 1.39. The zero-order valence-corrected chi connectivity index (χ0v) is 21.6. The summed E-state index contributed by atoms with van der Waals surface area (Å²) in [5.74, 6) is 0.428. The number of nitriles is 1. The molecule has 180 valence electrons. The molecule has 4 aromatic rings. The summed E-state index contributed by atoms with van der Waals surface area (Å²) in [4.78, 5) is 21.9. The minimum absolute atomic E-state index is 0.0918. The molecule has 0 unspecified atom stereocenters. The Labute approximate surface area is 224 Å². The number of thiophene rings is 1. The van der Waals surface area contributed by atoms with Crippen LogP contribution in [0.4, 0.5) is 10.7 Å². The summed E-state index contributed by atoms with van der Waals surface area (Å²) in [5, 5.41) is 30.3. The Morgan fingerprint density at radius 3 is 2.83 bits per heavy atom. The number of H-pyrrole nitrogens is 1. The lowest BCUT2D eigenvalue weighted by molar-refractivity contribution is -0.387. The van der Waals surface area contributed by atoms with E-state index in [1.54, 1.807) is 36.5 Å². The first kappa shape index (κ1) is 24.5. The van der Waals surface area contributed by atoms with Crippen molar-refractivity contribution >= 4 is 63.2 Å². The molecule has 0 radical (unpaired) electrons. The van der Waals surface area contributed by atoms with Gasteiger partial charge < -0.3 is 0 Å². The number of aryl methyl sites for hydroxylation is 1. The summed E-state index contributed by atoms with van der Waals surface area (Å²) < 4.78 is 0. The van der Waals surface area contributed by atoms with Gasteiger partial charge in [0.1, 0.15) is 11.1 Å². The van der Waals surface area contributed by atoms with Crippen molar-refractivity contribution in [3.05, 3.63) is 78.1 Å². The van der Waals surface area contributed by atoms with E-state index in [0.29, 0.717) is 47.6 Å². The molecule has 0 saturated carbocycles. The number of halogens is 2. The van der Waals surface area contributed by atoms with Gasteiger partial charge in [0, 0.05) is 27.7 Å². The van der Waals surface area contributed by atoms with Crippen LogP contribution in [0.3, 0.4) is 0 Å². The normalized spacial score (nSPS) is 13.0. The predicted octanol–water partition coefficient (Wildman–Crippen LogP) is 7.40. The van der Waals surface area contributed by atoms with Crippen molar-refractivity contribution in [2.75, 3.05) is 0 Å². The first-order valence-electron chi connectivity index (χ1n) is 10.9. The number of rotatable bonds is 6. The van der Waals surface area contributed by atoms with Crippen LogP contribution >= 0.6 is 46.3 Å². The van der Waals surface area contributed by atoms with Crippen LogP contribution in [0.25, 0.3) is 11.4 Å². The molecule has 0 spiro atoms. The van der Waals surface area contributed by atoms with Crippen LogP contribution in [-0.4, -0.2) is 26.3 Å². The molecule has 0 aliphatic heterocycles. The first-order valence-corrected chi connectivity index (χ1v) is 13.2. The van der Waals surface area contributed by atoms with Gasteiger partial charge in [-0.1, -0.05) is 29.3 Å². The van der Waals surface area contributed by atoms with E-state index in [1.165, 1.54) is 22.3 Å². The Kier molecular flexibility index (Phi) is 7.07. The van der Waals surface area contributed by atoms with E-state index in [1.807, 2.05) is 0 Å². The second kappa shape index (κ2) is 10.4. The van der Waals surface area contributed by atoms with Gasteiger partial charge in [-0.3, -0.25) is 15.2 Å². The molecule has 1 aliphatic carbocycles. The minimum atomic E-state index is -0.451. The van der Waals surface area contributed by atoms with Crippen molar-refractivity contribution in [1.29, 1.82) is 5.26 Å². The van der Waals surface area contributed by atoms with Crippen LogP contribution in [0.1, 0.15) is 34.4 Å². The third-order valence-corrected chi connectivity index (χ3v) is 8.31. The molecular weight excluding hydrogens is 539 g/mol. The summed E-state index contributed by atoms with van der Waals surface area (Å²) in [6, 6.07) is 12.1. The van der Waals surface area contributed by atoms with Crippen molar-refractivity contribution in [3.8, 4) is 17.5 Å². The number of aromatic nitrogens is 3. The first-order chi connectivity index (χ1) is 17.4. The van der Waals surface area contributed by atoms with Gasteiger partial charge in [-0.15, -0.1) is 16.4 Å². The van der Waals surface area contributed by atoms with Crippen LogP contribution in [0.15, 0.2) is 51.4 Å². The molecule has 2 heterocycles. The highest BCUT2D eigenvalue weighted by Gasteiger charge is 2.21. The number of nitrogens with zero attached hydrogens (tertiary/aromatic N) is 5. The average molecular weight is 555 g/mol. The van der Waals surface area contributed by atoms with E-state index < -0.39 is 4.92 Å². The second-order valence-electron chi connectivity index (χ2n) is 7.94. The fourth-order valence-electron chi connectivity index (χ4n) is 3.93. The molecule has 2 aromatic heterocycles. The van der Waals surface area contributed by atoms with E-state index >= 15 is 0 Å². The van der Waals surface area contributed by atoms with Crippen molar-refractivity contribution in [1.82, 2.24) is 15.2 Å². The maximum absolute atomic E-state index is 11.8. The Hall–Kier alpha value is -3.23. The van der Waals surface area contributed by atoms with Crippen LogP contribution < -0.4 is 0 Å². The maximum Gasteiger partial charge on any atom is 0.283 e. The van der Waals surface area contributed by atoms with Gasteiger partial charge in [0.2, 0.25) is 5.16 Å². The van der Waals surface area contributed by atoms with Crippen molar-refractivity contribution in [3.63, 3.8) is 0 Å². The highest BCUT2D eigenvalue weighted by Crippen LogP contribution is 2.40. The highest BCUT2D eigenvalue weighted by atomic mass is 35.5. The number of benzene rings is 2. The van der Waals surface area contributed by atoms with E-state index in [4.69, 9.17) is 23.2 Å². The third kappa shape index (κ3) is 5.01. The fraction of sp³-hybridized carbons (Fsp3) is 0.167. The predicted molar refractivity (Wildman–Crippen MR) is 142 cm³/mol. The van der Waals surface area contributed by atoms with Gasteiger partial charge >= 0.3 is 0 Å². The third-order valence-electron chi connectivity index (χ3n) is 5.63. The number of nitrogens with one attached hydrogen (secondary N) is 1. The second-order valence-corrected chi connectivity index (χ2v) is 10.9. The van der Waals surface area contributed by atoms with E-state index in [2.05, 4.69) is 26.2 Å². The lowest BCUT2D eigenvalue weighted by Gasteiger charge is -2.09. The van der Waals surface area contributed by atoms with Gasteiger partial charge in [0.05, 0.1) is 20.4 Å². The molecule has 0 saturated heterocycles. The van der Waals surface area contributed by atoms with Gasteiger partial charge in [-0.25, -0.2) is 9.98 Å². The van der Waals surface area contributed by atoms with Gasteiger partial charge in [-0.2, -0.15) is 5.26 Å². The monoisotopic (exact) mass is 554 g/mol. The van der Waals surface area contributed by atoms with Gasteiger partial charge in [-0.05, 0) is 72.8 Å². The lowest BCUT2D eigenvalue weighted by atomic mass is 9.96. The smallest absolute Gasteiger partial charge is 0.258 e. The molecule has 8 nitrogen and oxygen atoms in total. The SMILES string of the molecule is N#Cc1c(N=Cc2ccc(Sc3n[nH]c(-c4ccc(Cl)cc4Cl)n3)c([N+](=O)[O-])c2)sc2c1CCCC2. The largest absolute Gasteiger partial charge is 0.283 e. The van der Waals surface area contributed by atoms with Crippen molar-refractivity contribution in [2.24, 2.45) is 4.99 Å². The number of aromatic amines is 1. The molecule has 1 aliphatic rings. The summed E-state index contributed by atoms with van der Waals surface area (Å²) in [7, 11) is 0. The summed E-state index contributed by atoms with van der Waals surface area (Å²) in [5.41, 5.74) is 2.81. The molecule has 12 heteroatoms. The zero-order valence-electron chi connectivity index (χ0n) is 18.5. The summed E-state index contributed by atoms with van der Waals surface area (Å²) >= 11 is 14.8.